The van der Waals surface area contributed by atoms with Crippen LogP contribution >= 0.6 is 35.4 Å². The molecule has 0 spiro atoms. The third kappa shape index (κ3) is 2.98. The van der Waals surface area contributed by atoms with Crippen molar-refractivity contribution in [3.63, 3.8) is 0 Å². The number of aromatic nitrogens is 1. The highest BCUT2D eigenvalue weighted by molar-refractivity contribution is 7.71. The number of anilines is 1. The summed E-state index contributed by atoms with van der Waals surface area (Å²) in [6.45, 7) is 9.03. The van der Waals surface area contributed by atoms with Crippen LogP contribution in [0.5, 0.6) is 5.75 Å². The summed E-state index contributed by atoms with van der Waals surface area (Å²) in [6, 6.07) is 12.1. The second kappa shape index (κ2) is 6.66. The molecular formula is C21H21ClN2OS2. The van der Waals surface area contributed by atoms with Gasteiger partial charge in [-0.1, -0.05) is 41.4 Å². The lowest BCUT2D eigenvalue weighted by atomic mass is 9.89. The van der Waals surface area contributed by atoms with Gasteiger partial charge in [0, 0.05) is 21.8 Å². The van der Waals surface area contributed by atoms with E-state index in [0.717, 1.165) is 43.5 Å². The fraction of sp³-hybridized carbons (Fsp3) is 0.286. The third-order valence-corrected chi connectivity index (χ3v) is 7.22. The van der Waals surface area contributed by atoms with Crippen LogP contribution in [0.2, 0.25) is 5.02 Å². The molecule has 27 heavy (non-hydrogen) atoms. The number of fused-ring (bicyclic) bond motifs is 3. The topological polar surface area (TPSA) is 26.2 Å². The van der Waals surface area contributed by atoms with Crippen LogP contribution in [-0.4, -0.2) is 10.6 Å². The molecule has 0 unspecified atom stereocenters. The molecule has 140 valence electrons. The summed E-state index contributed by atoms with van der Waals surface area (Å²) in [5.41, 5.74) is 5.12. The Morgan fingerprint density at radius 2 is 2.04 bits per heavy atom. The molecule has 0 saturated heterocycles. The highest BCUT2D eigenvalue weighted by Gasteiger charge is 2.35. The molecule has 0 aliphatic carbocycles. The zero-order valence-electron chi connectivity index (χ0n) is 15.7. The molecule has 1 aliphatic heterocycles. The van der Waals surface area contributed by atoms with Crippen LogP contribution in [0.1, 0.15) is 31.2 Å². The summed E-state index contributed by atoms with van der Waals surface area (Å²) in [4.78, 5) is 1.22. The number of benzene rings is 2. The molecular weight excluding hydrogens is 396 g/mol. The van der Waals surface area contributed by atoms with Gasteiger partial charge >= 0.3 is 0 Å². The van der Waals surface area contributed by atoms with Crippen molar-refractivity contribution in [2.75, 3.05) is 11.9 Å². The maximum atomic E-state index is 6.36. The van der Waals surface area contributed by atoms with Crippen molar-refractivity contribution in [2.24, 2.45) is 0 Å². The Bertz CT molecular complexity index is 1100. The first-order valence-corrected chi connectivity index (χ1v) is 10.5. The molecule has 0 amide bonds. The number of rotatable bonds is 3. The molecule has 4 rings (SSSR count). The Hall–Kier alpha value is -1.82. The van der Waals surface area contributed by atoms with Crippen molar-refractivity contribution in [3.8, 4) is 22.6 Å². The summed E-state index contributed by atoms with van der Waals surface area (Å²) >= 11 is 14.0. The van der Waals surface area contributed by atoms with E-state index in [4.69, 9.17) is 28.6 Å². The van der Waals surface area contributed by atoms with Gasteiger partial charge in [0.25, 0.3) is 0 Å². The Balaban J connectivity index is 1.99. The zero-order chi connectivity index (χ0) is 19.3. The van der Waals surface area contributed by atoms with Crippen molar-refractivity contribution < 1.29 is 4.74 Å². The van der Waals surface area contributed by atoms with E-state index in [1.54, 1.807) is 11.5 Å². The molecule has 0 saturated carbocycles. The van der Waals surface area contributed by atoms with E-state index in [1.807, 2.05) is 32.0 Å². The molecule has 0 bridgehead atoms. The molecule has 6 heteroatoms. The van der Waals surface area contributed by atoms with E-state index in [0.29, 0.717) is 6.61 Å². The molecule has 3 aromatic rings. The fourth-order valence-electron chi connectivity index (χ4n) is 3.50. The SMILES string of the molecule is CCOc1ccc2c(c1)-c1c(sn(-c3cccc(Cl)c3C)c1=S)C(C)(C)N2. The summed E-state index contributed by atoms with van der Waals surface area (Å²) in [7, 11) is 0. The first-order valence-electron chi connectivity index (χ1n) is 8.91. The average molecular weight is 417 g/mol. The summed E-state index contributed by atoms with van der Waals surface area (Å²) in [5, 5.41) is 4.40. The largest absolute Gasteiger partial charge is 0.494 e. The van der Waals surface area contributed by atoms with Crippen molar-refractivity contribution in [1.82, 2.24) is 3.96 Å². The molecule has 2 aromatic carbocycles. The van der Waals surface area contributed by atoms with Gasteiger partial charge in [0.2, 0.25) is 0 Å². The fourth-order valence-corrected chi connectivity index (χ4v) is 5.39. The van der Waals surface area contributed by atoms with E-state index < -0.39 is 0 Å². The van der Waals surface area contributed by atoms with Gasteiger partial charge in [-0.05, 0) is 63.6 Å². The monoisotopic (exact) mass is 416 g/mol. The van der Waals surface area contributed by atoms with E-state index in [1.165, 1.54) is 4.88 Å². The zero-order valence-corrected chi connectivity index (χ0v) is 18.1. The van der Waals surface area contributed by atoms with E-state index in [2.05, 4.69) is 41.3 Å². The summed E-state index contributed by atoms with van der Waals surface area (Å²) in [6.07, 6.45) is 0. The highest BCUT2D eigenvalue weighted by Crippen LogP contribution is 2.48. The van der Waals surface area contributed by atoms with Crippen molar-refractivity contribution in [3.05, 3.63) is 56.5 Å². The summed E-state index contributed by atoms with van der Waals surface area (Å²) < 4.78 is 8.65. The standard InChI is InChI=1S/C21H21ClN2OS2/c1-5-25-13-9-10-16-14(11-13)18-19(21(3,4)23-16)27-24(20(18)26)17-8-6-7-15(22)12(17)2/h6-11,23H,5H2,1-4H3. The normalized spacial score (nSPS) is 14.3. The van der Waals surface area contributed by atoms with Gasteiger partial charge in [-0.15, -0.1) is 0 Å². The average Bonchev–Trinajstić information content (AvgIpc) is 2.97. The van der Waals surface area contributed by atoms with Crippen molar-refractivity contribution in [2.45, 2.75) is 33.2 Å². The number of ether oxygens (including phenoxy) is 1. The van der Waals surface area contributed by atoms with Crippen LogP contribution < -0.4 is 10.1 Å². The minimum Gasteiger partial charge on any atom is -0.494 e. The molecule has 0 atom stereocenters. The Morgan fingerprint density at radius 1 is 1.26 bits per heavy atom. The number of nitrogens with zero attached hydrogens (tertiary/aromatic N) is 1. The first kappa shape index (κ1) is 18.5. The van der Waals surface area contributed by atoms with Gasteiger partial charge in [0.1, 0.15) is 10.4 Å². The molecule has 1 aliphatic rings. The lowest BCUT2D eigenvalue weighted by Gasteiger charge is -2.33. The quantitative estimate of drug-likeness (QED) is 0.467. The van der Waals surface area contributed by atoms with Gasteiger partial charge in [0.15, 0.2) is 0 Å². The second-order valence-corrected chi connectivity index (χ2v) is 8.92. The van der Waals surface area contributed by atoms with Gasteiger partial charge in [-0.25, -0.2) is 0 Å². The van der Waals surface area contributed by atoms with Gasteiger partial charge < -0.3 is 10.1 Å². The van der Waals surface area contributed by atoms with Crippen LogP contribution in [0.25, 0.3) is 16.8 Å². The predicted octanol–water partition coefficient (Wildman–Crippen LogP) is 6.96. The molecule has 1 N–H and O–H groups in total. The lowest BCUT2D eigenvalue weighted by Crippen LogP contribution is -2.30. The van der Waals surface area contributed by atoms with E-state index in [9.17, 15) is 0 Å². The maximum Gasteiger partial charge on any atom is 0.129 e. The lowest BCUT2D eigenvalue weighted by molar-refractivity contribution is 0.340. The Labute approximate surface area is 173 Å². The minimum atomic E-state index is -0.217. The van der Waals surface area contributed by atoms with Crippen LogP contribution in [0.15, 0.2) is 36.4 Å². The third-order valence-electron chi connectivity index (χ3n) is 4.85. The van der Waals surface area contributed by atoms with Crippen LogP contribution in [0.3, 0.4) is 0 Å². The first-order chi connectivity index (χ1) is 12.8. The molecule has 1 aromatic heterocycles. The predicted molar refractivity (Wildman–Crippen MR) is 117 cm³/mol. The van der Waals surface area contributed by atoms with E-state index >= 15 is 0 Å². The molecule has 2 heterocycles. The number of halogens is 1. The van der Waals surface area contributed by atoms with Crippen LogP contribution in [-0.2, 0) is 5.54 Å². The van der Waals surface area contributed by atoms with Crippen molar-refractivity contribution >= 4 is 41.0 Å². The minimum absolute atomic E-state index is 0.217. The Morgan fingerprint density at radius 3 is 2.78 bits per heavy atom. The smallest absolute Gasteiger partial charge is 0.129 e. The van der Waals surface area contributed by atoms with Crippen molar-refractivity contribution in [1.29, 1.82) is 0 Å². The molecule has 0 radical (unpaired) electrons. The van der Waals surface area contributed by atoms with Gasteiger partial charge in [-0.3, -0.25) is 3.96 Å². The number of hydrogen-bond acceptors (Lipinski definition) is 4. The highest BCUT2D eigenvalue weighted by atomic mass is 35.5. The van der Waals surface area contributed by atoms with E-state index in [-0.39, 0.29) is 5.54 Å². The Kier molecular flexibility index (Phi) is 4.57. The van der Waals surface area contributed by atoms with Crippen LogP contribution in [0, 0.1) is 11.6 Å². The second-order valence-electron chi connectivity index (χ2n) is 7.17. The van der Waals surface area contributed by atoms with Gasteiger partial charge in [0.05, 0.1) is 22.7 Å². The van der Waals surface area contributed by atoms with Gasteiger partial charge in [-0.2, -0.15) is 0 Å². The molecule has 0 fully saturated rings. The maximum absolute atomic E-state index is 6.36. The van der Waals surface area contributed by atoms with Crippen LogP contribution in [0.4, 0.5) is 5.69 Å². The molecule has 3 nitrogen and oxygen atoms in total. The number of nitrogens with one attached hydrogen (secondary N) is 1. The number of hydrogen-bond donors (Lipinski definition) is 1. The summed E-state index contributed by atoms with van der Waals surface area (Å²) in [5.74, 6) is 0.856.